The van der Waals surface area contributed by atoms with Gasteiger partial charge in [-0.1, -0.05) is 48.5 Å². The maximum atomic E-state index is 13.4. The monoisotopic (exact) mass is 463 g/mol. The van der Waals surface area contributed by atoms with Crippen LogP contribution in [0.4, 0.5) is 4.39 Å². The fraction of sp³-hybridized carbons (Fsp3) is 0.120. The lowest BCUT2D eigenvalue weighted by Gasteiger charge is -2.19. The highest BCUT2D eigenvalue weighted by Crippen LogP contribution is 2.29. The molecule has 0 aliphatic carbocycles. The van der Waals surface area contributed by atoms with Gasteiger partial charge < -0.3 is 5.32 Å². The molecule has 1 aromatic heterocycles. The van der Waals surface area contributed by atoms with E-state index in [-0.39, 0.29) is 11.4 Å². The third kappa shape index (κ3) is 4.70. The van der Waals surface area contributed by atoms with Gasteiger partial charge in [-0.05, 0) is 48.9 Å². The van der Waals surface area contributed by atoms with Gasteiger partial charge >= 0.3 is 0 Å². The van der Waals surface area contributed by atoms with E-state index in [9.17, 15) is 17.6 Å². The number of halogens is 1. The van der Waals surface area contributed by atoms with E-state index in [2.05, 4.69) is 10.4 Å². The Morgan fingerprint density at radius 2 is 1.58 bits per heavy atom. The number of amides is 1. The summed E-state index contributed by atoms with van der Waals surface area (Å²) in [4.78, 5) is 12.9. The van der Waals surface area contributed by atoms with E-state index in [1.807, 2.05) is 30.3 Å². The number of rotatable bonds is 7. The number of carbonyl (C=O) groups is 1. The molecule has 0 aliphatic rings. The molecule has 0 saturated carbocycles. The summed E-state index contributed by atoms with van der Waals surface area (Å²) in [7, 11) is -3.90. The first-order chi connectivity index (χ1) is 15.9. The van der Waals surface area contributed by atoms with Crippen LogP contribution in [0.1, 0.15) is 26.9 Å². The molecular weight excluding hydrogens is 441 g/mol. The summed E-state index contributed by atoms with van der Waals surface area (Å²) in [5.41, 5.74) is 2.33. The molecule has 6 nitrogen and oxygen atoms in total. The van der Waals surface area contributed by atoms with Gasteiger partial charge in [0.05, 0.1) is 28.0 Å². The first kappa shape index (κ1) is 22.4. The molecule has 0 saturated heterocycles. The van der Waals surface area contributed by atoms with Crippen LogP contribution >= 0.6 is 0 Å². The summed E-state index contributed by atoms with van der Waals surface area (Å²) in [5.74, 6) is -0.950. The molecule has 4 rings (SSSR count). The molecule has 3 aromatic carbocycles. The second kappa shape index (κ2) is 9.38. The normalized spacial score (nSPS) is 12.3. The van der Waals surface area contributed by atoms with Crippen molar-refractivity contribution < 1.29 is 17.6 Å². The molecule has 1 N–H and O–H groups in total. The summed E-state index contributed by atoms with van der Waals surface area (Å²) in [5, 5.41) is 6.00. The predicted molar refractivity (Wildman–Crippen MR) is 123 cm³/mol. The van der Waals surface area contributed by atoms with Crippen molar-refractivity contribution in [2.24, 2.45) is 0 Å². The van der Waals surface area contributed by atoms with E-state index in [4.69, 9.17) is 0 Å². The third-order valence-electron chi connectivity index (χ3n) is 5.39. The average Bonchev–Trinajstić information content (AvgIpc) is 3.22. The minimum absolute atomic E-state index is 0.0138. The lowest BCUT2D eigenvalue weighted by molar-refractivity contribution is 0.0953. The summed E-state index contributed by atoms with van der Waals surface area (Å²) in [6, 6.07) is 22.7. The van der Waals surface area contributed by atoms with Crippen molar-refractivity contribution in [1.29, 1.82) is 0 Å². The standard InChI is InChI=1S/C25H22FN3O3S/c1-18-23(16-28-29(18)21-10-6-3-7-11-21)25(30)27-17-24(19-8-4-2-5-9-19)33(31,32)22-14-12-20(26)13-15-22/h2-16,24H,17H2,1H3,(H,27,30). The Balaban J connectivity index is 1.60. The van der Waals surface area contributed by atoms with Crippen LogP contribution in [0, 0.1) is 12.7 Å². The molecule has 0 aliphatic heterocycles. The molecule has 168 valence electrons. The molecule has 1 heterocycles. The highest BCUT2D eigenvalue weighted by atomic mass is 32.2. The second-order valence-electron chi connectivity index (χ2n) is 7.50. The van der Waals surface area contributed by atoms with Crippen LogP contribution in [-0.4, -0.2) is 30.7 Å². The number of nitrogens with zero attached hydrogens (tertiary/aromatic N) is 2. The maximum Gasteiger partial charge on any atom is 0.254 e. The number of sulfone groups is 1. The number of nitrogens with one attached hydrogen (secondary N) is 1. The van der Waals surface area contributed by atoms with Crippen LogP contribution in [0.15, 0.2) is 96.0 Å². The van der Waals surface area contributed by atoms with Gasteiger partial charge in [-0.15, -0.1) is 0 Å². The first-order valence-electron chi connectivity index (χ1n) is 10.3. The zero-order valence-corrected chi connectivity index (χ0v) is 18.7. The number of carbonyl (C=O) groups excluding carboxylic acids is 1. The number of aromatic nitrogens is 2. The van der Waals surface area contributed by atoms with E-state index < -0.39 is 26.8 Å². The number of hydrogen-bond donors (Lipinski definition) is 1. The maximum absolute atomic E-state index is 13.4. The zero-order chi connectivity index (χ0) is 23.4. The van der Waals surface area contributed by atoms with Gasteiger partial charge in [0.15, 0.2) is 9.84 Å². The predicted octanol–water partition coefficient (Wildman–Crippen LogP) is 4.26. The molecule has 0 fully saturated rings. The van der Waals surface area contributed by atoms with E-state index in [0.29, 0.717) is 16.8 Å². The van der Waals surface area contributed by atoms with Gasteiger partial charge in [0, 0.05) is 6.54 Å². The van der Waals surface area contributed by atoms with Gasteiger partial charge in [0.2, 0.25) is 0 Å². The van der Waals surface area contributed by atoms with Crippen molar-refractivity contribution in [3.63, 3.8) is 0 Å². The summed E-state index contributed by atoms with van der Waals surface area (Å²) in [6.07, 6.45) is 1.46. The van der Waals surface area contributed by atoms with Crippen molar-refractivity contribution in [3.8, 4) is 5.69 Å². The third-order valence-corrected chi connectivity index (χ3v) is 7.51. The Morgan fingerprint density at radius 1 is 0.970 bits per heavy atom. The number of benzene rings is 3. The Kier molecular flexibility index (Phi) is 6.37. The first-order valence-corrected chi connectivity index (χ1v) is 11.8. The molecule has 4 aromatic rings. The van der Waals surface area contributed by atoms with Crippen molar-refractivity contribution in [3.05, 3.63) is 114 Å². The number of hydrogen-bond acceptors (Lipinski definition) is 4. The van der Waals surface area contributed by atoms with Crippen molar-refractivity contribution in [2.75, 3.05) is 6.54 Å². The molecular formula is C25H22FN3O3S. The molecule has 8 heteroatoms. The summed E-state index contributed by atoms with van der Waals surface area (Å²) < 4.78 is 41.7. The molecule has 1 amide bonds. The van der Waals surface area contributed by atoms with Gasteiger partial charge in [-0.2, -0.15) is 5.10 Å². The lowest BCUT2D eigenvalue weighted by atomic mass is 10.1. The fourth-order valence-electron chi connectivity index (χ4n) is 3.61. The lowest BCUT2D eigenvalue weighted by Crippen LogP contribution is -2.32. The molecule has 1 unspecified atom stereocenters. The average molecular weight is 464 g/mol. The second-order valence-corrected chi connectivity index (χ2v) is 9.63. The Morgan fingerprint density at radius 3 is 2.21 bits per heavy atom. The van der Waals surface area contributed by atoms with Gasteiger partial charge in [0.25, 0.3) is 5.91 Å². The van der Waals surface area contributed by atoms with E-state index in [1.54, 1.807) is 41.9 Å². The highest BCUT2D eigenvalue weighted by molar-refractivity contribution is 7.91. The van der Waals surface area contributed by atoms with Crippen molar-refractivity contribution in [2.45, 2.75) is 17.1 Å². The van der Waals surface area contributed by atoms with Gasteiger partial charge in [0.1, 0.15) is 11.1 Å². The van der Waals surface area contributed by atoms with E-state index in [1.165, 1.54) is 18.3 Å². The Bertz CT molecular complexity index is 1350. The number of para-hydroxylation sites is 1. The van der Waals surface area contributed by atoms with Gasteiger partial charge in [-0.25, -0.2) is 17.5 Å². The van der Waals surface area contributed by atoms with Crippen LogP contribution in [0.2, 0.25) is 0 Å². The Labute approximate surface area is 191 Å². The molecule has 0 spiro atoms. The molecule has 33 heavy (non-hydrogen) atoms. The minimum atomic E-state index is -3.90. The minimum Gasteiger partial charge on any atom is -0.350 e. The largest absolute Gasteiger partial charge is 0.350 e. The zero-order valence-electron chi connectivity index (χ0n) is 17.9. The van der Waals surface area contributed by atoms with Crippen molar-refractivity contribution in [1.82, 2.24) is 15.1 Å². The Hall–Kier alpha value is -3.78. The van der Waals surface area contributed by atoms with Gasteiger partial charge in [-0.3, -0.25) is 4.79 Å². The molecule has 0 bridgehead atoms. The van der Waals surface area contributed by atoms with Crippen LogP contribution in [0.25, 0.3) is 5.69 Å². The van der Waals surface area contributed by atoms with Crippen LogP contribution in [0.5, 0.6) is 0 Å². The van der Waals surface area contributed by atoms with Crippen LogP contribution in [0.3, 0.4) is 0 Å². The molecule has 1 atom stereocenters. The van der Waals surface area contributed by atoms with E-state index >= 15 is 0 Å². The fourth-order valence-corrected chi connectivity index (χ4v) is 5.27. The van der Waals surface area contributed by atoms with E-state index in [0.717, 1.165) is 17.8 Å². The SMILES string of the molecule is Cc1c(C(=O)NCC(c2ccccc2)S(=O)(=O)c2ccc(F)cc2)cnn1-c1ccccc1. The van der Waals surface area contributed by atoms with Crippen molar-refractivity contribution >= 4 is 15.7 Å². The topological polar surface area (TPSA) is 81.1 Å². The van der Waals surface area contributed by atoms with Crippen LogP contribution in [-0.2, 0) is 9.84 Å². The smallest absolute Gasteiger partial charge is 0.254 e. The summed E-state index contributed by atoms with van der Waals surface area (Å²) in [6.45, 7) is 1.62. The highest BCUT2D eigenvalue weighted by Gasteiger charge is 2.30. The molecule has 0 radical (unpaired) electrons. The van der Waals surface area contributed by atoms with Crippen LogP contribution < -0.4 is 5.32 Å². The summed E-state index contributed by atoms with van der Waals surface area (Å²) >= 11 is 0. The quantitative estimate of drug-likeness (QED) is 0.415.